The Morgan fingerprint density at radius 2 is 2.11 bits per heavy atom. The molecule has 1 aliphatic heterocycles. The Morgan fingerprint density at radius 3 is 2.74 bits per heavy atom. The molecule has 106 valence electrons. The third-order valence-electron chi connectivity index (χ3n) is 2.89. The molecule has 1 heterocycles. The van der Waals surface area contributed by atoms with Crippen LogP contribution >= 0.6 is 0 Å². The molecule has 1 saturated heterocycles. The molecule has 0 saturated carbocycles. The molecule has 0 spiro atoms. The first-order chi connectivity index (χ1) is 8.95. The summed E-state index contributed by atoms with van der Waals surface area (Å²) in [6.45, 7) is 0.699. The van der Waals surface area contributed by atoms with E-state index in [1.54, 1.807) is 0 Å². The summed E-state index contributed by atoms with van der Waals surface area (Å²) in [5, 5.41) is 0. The average Bonchev–Trinajstić information content (AvgIpc) is 2.41. The molecule has 0 bridgehead atoms. The fraction of sp³-hybridized carbons (Fsp3) is 0.455. The van der Waals surface area contributed by atoms with Crippen molar-refractivity contribution in [3.63, 3.8) is 0 Å². The molecule has 1 aromatic carbocycles. The van der Waals surface area contributed by atoms with Crippen LogP contribution in [0.5, 0.6) is 0 Å². The normalized spacial score (nSPS) is 21.5. The summed E-state index contributed by atoms with van der Waals surface area (Å²) in [7, 11) is -3.85. The zero-order valence-electron chi connectivity index (χ0n) is 10.1. The fourth-order valence-electron chi connectivity index (χ4n) is 1.84. The van der Waals surface area contributed by atoms with Gasteiger partial charge in [-0.3, -0.25) is 0 Å². The molecule has 0 radical (unpaired) electrons. The number of halogens is 2. The van der Waals surface area contributed by atoms with Crippen LogP contribution in [0.3, 0.4) is 0 Å². The van der Waals surface area contributed by atoms with Crippen LogP contribution in [-0.4, -0.2) is 45.1 Å². The lowest BCUT2D eigenvalue weighted by Crippen LogP contribution is -2.48. The maximum absolute atomic E-state index is 13.1. The first kappa shape index (κ1) is 14.3. The maximum atomic E-state index is 13.1. The molecule has 1 unspecified atom stereocenters. The van der Waals surface area contributed by atoms with Crippen LogP contribution in [0, 0.1) is 11.6 Å². The predicted molar refractivity (Wildman–Crippen MR) is 63.9 cm³/mol. The molecule has 8 heteroatoms. The van der Waals surface area contributed by atoms with Crippen LogP contribution in [0.15, 0.2) is 23.1 Å². The number of ether oxygens (including phenoxy) is 1. The third-order valence-corrected chi connectivity index (χ3v) is 4.75. The molecule has 1 aliphatic rings. The van der Waals surface area contributed by atoms with Crippen molar-refractivity contribution in [3.05, 3.63) is 29.8 Å². The van der Waals surface area contributed by atoms with E-state index in [0.717, 1.165) is 12.1 Å². The van der Waals surface area contributed by atoms with E-state index in [9.17, 15) is 17.2 Å². The van der Waals surface area contributed by atoms with Crippen molar-refractivity contribution in [2.75, 3.05) is 26.2 Å². The molecule has 0 aromatic heterocycles. The minimum absolute atomic E-state index is 0.109. The number of hydrogen-bond donors (Lipinski definition) is 1. The van der Waals surface area contributed by atoms with Gasteiger partial charge in [0, 0.05) is 19.6 Å². The summed E-state index contributed by atoms with van der Waals surface area (Å²) in [5.41, 5.74) is 5.44. The van der Waals surface area contributed by atoms with Gasteiger partial charge >= 0.3 is 0 Å². The minimum Gasteiger partial charge on any atom is -0.374 e. The molecule has 19 heavy (non-hydrogen) atoms. The van der Waals surface area contributed by atoms with E-state index in [1.165, 1.54) is 4.31 Å². The molecule has 1 fully saturated rings. The van der Waals surface area contributed by atoms with Gasteiger partial charge in [0.05, 0.1) is 17.6 Å². The van der Waals surface area contributed by atoms with E-state index >= 15 is 0 Å². The molecule has 1 atom stereocenters. The van der Waals surface area contributed by atoms with Gasteiger partial charge in [-0.25, -0.2) is 17.2 Å². The topological polar surface area (TPSA) is 72.6 Å². The quantitative estimate of drug-likeness (QED) is 0.870. The van der Waals surface area contributed by atoms with Crippen molar-refractivity contribution in [3.8, 4) is 0 Å². The van der Waals surface area contributed by atoms with Crippen LogP contribution in [0.2, 0.25) is 0 Å². The summed E-state index contributed by atoms with van der Waals surface area (Å²) < 4.78 is 56.9. The Kier molecular flexibility index (Phi) is 4.14. The highest BCUT2D eigenvalue weighted by Crippen LogP contribution is 2.20. The molecule has 2 rings (SSSR count). The summed E-state index contributed by atoms with van der Waals surface area (Å²) >= 11 is 0. The lowest BCUT2D eigenvalue weighted by molar-refractivity contribution is 0.00450. The third kappa shape index (κ3) is 2.92. The van der Waals surface area contributed by atoms with E-state index in [2.05, 4.69) is 0 Å². The lowest BCUT2D eigenvalue weighted by Gasteiger charge is -2.31. The first-order valence-electron chi connectivity index (χ1n) is 5.72. The largest absolute Gasteiger partial charge is 0.374 e. The molecule has 2 N–H and O–H groups in total. The Bertz CT molecular complexity index is 565. The van der Waals surface area contributed by atoms with Crippen molar-refractivity contribution in [1.29, 1.82) is 0 Å². The monoisotopic (exact) mass is 292 g/mol. The van der Waals surface area contributed by atoms with E-state index < -0.39 is 21.7 Å². The van der Waals surface area contributed by atoms with E-state index in [-0.39, 0.29) is 37.2 Å². The van der Waals surface area contributed by atoms with Gasteiger partial charge in [0.15, 0.2) is 11.6 Å². The van der Waals surface area contributed by atoms with Crippen molar-refractivity contribution in [1.82, 2.24) is 4.31 Å². The van der Waals surface area contributed by atoms with Gasteiger partial charge < -0.3 is 10.5 Å². The highest BCUT2D eigenvalue weighted by atomic mass is 32.2. The Morgan fingerprint density at radius 1 is 1.37 bits per heavy atom. The highest BCUT2D eigenvalue weighted by molar-refractivity contribution is 7.89. The van der Waals surface area contributed by atoms with Crippen LogP contribution in [0.25, 0.3) is 0 Å². The van der Waals surface area contributed by atoms with Crippen LogP contribution in [0.1, 0.15) is 0 Å². The van der Waals surface area contributed by atoms with Gasteiger partial charge in [-0.05, 0) is 18.2 Å². The van der Waals surface area contributed by atoms with E-state index in [1.807, 2.05) is 0 Å². The minimum atomic E-state index is -3.85. The number of nitrogens with zero attached hydrogens (tertiary/aromatic N) is 1. The molecule has 0 amide bonds. The zero-order valence-corrected chi connectivity index (χ0v) is 10.9. The summed E-state index contributed by atoms with van der Waals surface area (Å²) in [5.74, 6) is -2.27. The smallest absolute Gasteiger partial charge is 0.243 e. The molecular weight excluding hydrogens is 278 g/mol. The summed E-state index contributed by atoms with van der Waals surface area (Å²) in [6.07, 6.45) is -0.381. The second-order valence-corrected chi connectivity index (χ2v) is 6.11. The number of hydrogen-bond acceptors (Lipinski definition) is 4. The van der Waals surface area contributed by atoms with Gasteiger partial charge in [0.2, 0.25) is 10.0 Å². The number of rotatable bonds is 3. The van der Waals surface area contributed by atoms with Crippen LogP contribution < -0.4 is 5.73 Å². The van der Waals surface area contributed by atoms with Gasteiger partial charge in [-0.2, -0.15) is 4.31 Å². The second-order valence-electron chi connectivity index (χ2n) is 4.17. The average molecular weight is 292 g/mol. The van der Waals surface area contributed by atoms with Crippen LogP contribution in [0.4, 0.5) is 8.78 Å². The Balaban J connectivity index is 2.28. The predicted octanol–water partition coefficient (Wildman–Crippen LogP) is 0.313. The number of benzene rings is 1. The molecule has 0 aliphatic carbocycles. The standard InChI is InChI=1S/C11H14F2N2O3S/c12-10-2-1-9(5-11(10)13)19(16,17)15-3-4-18-8(6-14)7-15/h1-2,5,8H,3-4,6-7,14H2. The second kappa shape index (κ2) is 5.49. The van der Waals surface area contributed by atoms with Crippen molar-refractivity contribution < 1.29 is 21.9 Å². The summed E-state index contributed by atoms with van der Waals surface area (Å²) in [4.78, 5) is -0.274. The van der Waals surface area contributed by atoms with E-state index in [0.29, 0.717) is 6.07 Å². The zero-order chi connectivity index (χ0) is 14.0. The Labute approximate surface area is 110 Å². The lowest BCUT2D eigenvalue weighted by atomic mass is 10.3. The van der Waals surface area contributed by atoms with Crippen molar-refractivity contribution in [2.24, 2.45) is 5.73 Å². The maximum Gasteiger partial charge on any atom is 0.243 e. The SMILES string of the molecule is NCC1CN(S(=O)(=O)c2ccc(F)c(F)c2)CCO1. The summed E-state index contributed by atoms with van der Waals surface area (Å²) in [6, 6.07) is 2.52. The number of sulfonamides is 1. The fourth-order valence-corrected chi connectivity index (χ4v) is 3.31. The Hall–Kier alpha value is -1.09. The van der Waals surface area contributed by atoms with Gasteiger partial charge in [0.1, 0.15) is 0 Å². The van der Waals surface area contributed by atoms with E-state index in [4.69, 9.17) is 10.5 Å². The molecule has 1 aromatic rings. The molecule has 5 nitrogen and oxygen atoms in total. The van der Waals surface area contributed by atoms with Crippen molar-refractivity contribution in [2.45, 2.75) is 11.0 Å². The molecular formula is C11H14F2N2O3S. The van der Waals surface area contributed by atoms with Gasteiger partial charge in [-0.1, -0.05) is 0 Å². The van der Waals surface area contributed by atoms with Crippen LogP contribution in [-0.2, 0) is 14.8 Å². The highest BCUT2D eigenvalue weighted by Gasteiger charge is 2.30. The van der Waals surface area contributed by atoms with Crippen molar-refractivity contribution >= 4 is 10.0 Å². The van der Waals surface area contributed by atoms with Gasteiger partial charge in [-0.15, -0.1) is 0 Å². The number of morpholine rings is 1. The number of nitrogens with two attached hydrogens (primary N) is 1. The first-order valence-corrected chi connectivity index (χ1v) is 7.16. The van der Waals surface area contributed by atoms with Gasteiger partial charge in [0.25, 0.3) is 0 Å².